The number of nitrogens with zero attached hydrogens (tertiary/aromatic N) is 1. The van der Waals surface area contributed by atoms with Gasteiger partial charge in [-0.2, -0.15) is 0 Å². The highest BCUT2D eigenvalue weighted by Crippen LogP contribution is 2.19. The lowest BCUT2D eigenvalue weighted by Crippen LogP contribution is -3.16. The molecular formula is C13H20N3S+. The van der Waals surface area contributed by atoms with Crippen molar-refractivity contribution in [2.75, 3.05) is 19.9 Å². The molecule has 0 saturated carbocycles. The minimum absolute atomic E-state index is 0.332. The van der Waals surface area contributed by atoms with Gasteiger partial charge < -0.3 is 10.2 Å². The molecule has 0 radical (unpaired) electrons. The van der Waals surface area contributed by atoms with Crippen LogP contribution in [0.4, 0.5) is 0 Å². The van der Waals surface area contributed by atoms with E-state index in [1.165, 1.54) is 10.5 Å². The van der Waals surface area contributed by atoms with Crippen molar-refractivity contribution in [3.63, 3.8) is 0 Å². The standard InChI is InChI=1S/C13H19N3S/c1-3-15-9-14-13(17)16(10-15)11(2)12-7-5-4-6-8-12/h4-8,11H,3,9-10H2,1-2H3,(H,14,17)/p+1/t11-/m1/s1. The van der Waals surface area contributed by atoms with Gasteiger partial charge >= 0.3 is 0 Å². The number of quaternary nitrogens is 1. The van der Waals surface area contributed by atoms with Crippen molar-refractivity contribution in [3.8, 4) is 0 Å². The Bertz CT molecular complexity index is 380. The monoisotopic (exact) mass is 250 g/mol. The van der Waals surface area contributed by atoms with Gasteiger partial charge in [0.1, 0.15) is 0 Å². The maximum atomic E-state index is 5.41. The minimum Gasteiger partial charge on any atom is -0.316 e. The fourth-order valence-electron chi connectivity index (χ4n) is 2.13. The van der Waals surface area contributed by atoms with E-state index in [2.05, 4.69) is 48.3 Å². The number of rotatable bonds is 3. The molecule has 1 aromatic rings. The molecule has 0 aliphatic carbocycles. The van der Waals surface area contributed by atoms with Gasteiger partial charge in [0.2, 0.25) is 0 Å². The summed E-state index contributed by atoms with van der Waals surface area (Å²) in [6.45, 7) is 7.46. The van der Waals surface area contributed by atoms with Gasteiger partial charge in [-0.25, -0.2) is 0 Å². The summed E-state index contributed by atoms with van der Waals surface area (Å²) in [5.74, 6) is 0. The molecule has 1 aliphatic rings. The predicted octanol–water partition coefficient (Wildman–Crippen LogP) is 0.758. The second-order valence-electron chi connectivity index (χ2n) is 4.48. The Labute approximate surface area is 108 Å². The second-order valence-corrected chi connectivity index (χ2v) is 4.86. The molecule has 1 aliphatic heterocycles. The number of nitrogens with one attached hydrogen (secondary N) is 2. The van der Waals surface area contributed by atoms with Gasteiger partial charge in [0, 0.05) is 0 Å². The summed E-state index contributed by atoms with van der Waals surface area (Å²) in [5.41, 5.74) is 1.31. The largest absolute Gasteiger partial charge is 0.316 e. The number of hydrogen-bond donors (Lipinski definition) is 2. The molecule has 92 valence electrons. The molecule has 4 heteroatoms. The van der Waals surface area contributed by atoms with E-state index in [0.717, 1.165) is 25.0 Å². The number of benzene rings is 1. The van der Waals surface area contributed by atoms with Crippen molar-refractivity contribution in [2.24, 2.45) is 0 Å². The van der Waals surface area contributed by atoms with Gasteiger partial charge in [-0.15, -0.1) is 0 Å². The highest BCUT2D eigenvalue weighted by atomic mass is 32.1. The van der Waals surface area contributed by atoms with E-state index >= 15 is 0 Å². The topological polar surface area (TPSA) is 19.7 Å². The molecule has 3 nitrogen and oxygen atoms in total. The Morgan fingerprint density at radius 3 is 2.76 bits per heavy atom. The maximum absolute atomic E-state index is 5.41. The van der Waals surface area contributed by atoms with Crippen LogP contribution in [0.15, 0.2) is 30.3 Å². The van der Waals surface area contributed by atoms with Crippen molar-refractivity contribution in [3.05, 3.63) is 35.9 Å². The average molecular weight is 250 g/mol. The Hall–Kier alpha value is -1.13. The van der Waals surface area contributed by atoms with E-state index < -0.39 is 0 Å². The van der Waals surface area contributed by atoms with Crippen LogP contribution in [0.3, 0.4) is 0 Å². The maximum Gasteiger partial charge on any atom is 0.178 e. The van der Waals surface area contributed by atoms with E-state index in [-0.39, 0.29) is 0 Å². The van der Waals surface area contributed by atoms with E-state index in [4.69, 9.17) is 12.2 Å². The fourth-order valence-corrected chi connectivity index (χ4v) is 2.43. The molecule has 0 aromatic heterocycles. The molecular weight excluding hydrogens is 230 g/mol. The number of thiocarbonyl (C=S) groups is 1. The summed E-state index contributed by atoms with van der Waals surface area (Å²) in [5, 5.41) is 4.18. The molecule has 1 saturated heterocycles. The molecule has 0 bridgehead atoms. The lowest BCUT2D eigenvalue weighted by atomic mass is 10.1. The summed E-state index contributed by atoms with van der Waals surface area (Å²) in [6, 6.07) is 10.9. The zero-order valence-electron chi connectivity index (χ0n) is 10.4. The summed E-state index contributed by atoms with van der Waals surface area (Å²) in [4.78, 5) is 3.79. The first-order chi connectivity index (χ1) is 8.22. The van der Waals surface area contributed by atoms with E-state index in [1.807, 2.05) is 6.07 Å². The van der Waals surface area contributed by atoms with Crippen molar-refractivity contribution in [1.29, 1.82) is 0 Å². The normalized spacial score (nSPS) is 22.1. The van der Waals surface area contributed by atoms with Crippen LogP contribution in [-0.2, 0) is 0 Å². The van der Waals surface area contributed by atoms with Crippen LogP contribution in [0.1, 0.15) is 25.5 Å². The van der Waals surface area contributed by atoms with Gasteiger partial charge in [0.15, 0.2) is 18.4 Å². The van der Waals surface area contributed by atoms with Gasteiger partial charge in [-0.3, -0.25) is 4.90 Å². The third-order valence-corrected chi connectivity index (χ3v) is 3.77. The summed E-state index contributed by atoms with van der Waals surface area (Å²) in [7, 11) is 0. The first kappa shape index (κ1) is 12.3. The van der Waals surface area contributed by atoms with Gasteiger partial charge in [0.05, 0.1) is 12.6 Å². The molecule has 1 fully saturated rings. The average Bonchev–Trinajstić information content (AvgIpc) is 2.39. The molecule has 0 amide bonds. The molecule has 2 rings (SSSR count). The summed E-state index contributed by atoms with van der Waals surface area (Å²) >= 11 is 5.41. The van der Waals surface area contributed by atoms with Crippen LogP contribution in [0.2, 0.25) is 0 Å². The Balaban J connectivity index is 2.12. The summed E-state index contributed by atoms with van der Waals surface area (Å²) < 4.78 is 0. The van der Waals surface area contributed by atoms with Crippen LogP contribution in [0, 0.1) is 0 Å². The molecule has 1 unspecified atom stereocenters. The first-order valence-corrected chi connectivity index (χ1v) is 6.56. The zero-order valence-corrected chi connectivity index (χ0v) is 11.3. The van der Waals surface area contributed by atoms with E-state index in [0.29, 0.717) is 6.04 Å². The van der Waals surface area contributed by atoms with Gasteiger partial charge in [-0.05, 0) is 31.6 Å². The van der Waals surface area contributed by atoms with Crippen LogP contribution >= 0.6 is 12.2 Å². The number of hydrogen-bond acceptors (Lipinski definition) is 1. The van der Waals surface area contributed by atoms with Crippen LogP contribution in [-0.4, -0.2) is 29.9 Å². The summed E-state index contributed by atoms with van der Waals surface area (Å²) in [6.07, 6.45) is 0. The molecule has 1 heterocycles. The lowest BCUT2D eigenvalue weighted by Gasteiger charge is -2.38. The third kappa shape index (κ3) is 2.76. The highest BCUT2D eigenvalue weighted by molar-refractivity contribution is 7.80. The highest BCUT2D eigenvalue weighted by Gasteiger charge is 2.26. The van der Waals surface area contributed by atoms with Gasteiger partial charge in [-0.1, -0.05) is 30.3 Å². The second kappa shape index (κ2) is 5.47. The quantitative estimate of drug-likeness (QED) is 0.773. The van der Waals surface area contributed by atoms with Crippen molar-refractivity contribution >= 4 is 17.3 Å². The SMILES string of the molecule is CC[NH+]1CNC(=S)N([C@H](C)c2ccccc2)C1. The molecule has 2 N–H and O–H groups in total. The van der Waals surface area contributed by atoms with Crippen molar-refractivity contribution in [2.45, 2.75) is 19.9 Å². The van der Waals surface area contributed by atoms with Crippen molar-refractivity contribution < 1.29 is 4.90 Å². The molecule has 17 heavy (non-hydrogen) atoms. The van der Waals surface area contributed by atoms with Crippen LogP contribution in [0.25, 0.3) is 0 Å². The molecule has 1 aromatic carbocycles. The molecule has 2 atom stereocenters. The van der Waals surface area contributed by atoms with Crippen LogP contribution in [0.5, 0.6) is 0 Å². The Morgan fingerprint density at radius 1 is 1.41 bits per heavy atom. The van der Waals surface area contributed by atoms with E-state index in [9.17, 15) is 0 Å². The Morgan fingerprint density at radius 2 is 2.12 bits per heavy atom. The smallest absolute Gasteiger partial charge is 0.178 e. The van der Waals surface area contributed by atoms with Gasteiger partial charge in [0.25, 0.3) is 0 Å². The first-order valence-electron chi connectivity index (χ1n) is 6.15. The zero-order chi connectivity index (χ0) is 12.3. The predicted molar refractivity (Wildman–Crippen MR) is 73.7 cm³/mol. The third-order valence-electron chi connectivity index (χ3n) is 3.39. The Kier molecular flexibility index (Phi) is 3.97. The molecule has 0 spiro atoms. The van der Waals surface area contributed by atoms with E-state index in [1.54, 1.807) is 0 Å². The fraction of sp³-hybridized carbons (Fsp3) is 0.462. The van der Waals surface area contributed by atoms with Crippen molar-refractivity contribution in [1.82, 2.24) is 10.2 Å². The minimum atomic E-state index is 0.332. The lowest BCUT2D eigenvalue weighted by molar-refractivity contribution is -0.912. The van der Waals surface area contributed by atoms with Crippen LogP contribution < -0.4 is 10.2 Å².